The number of ether oxygens (including phenoxy) is 1. The van der Waals surface area contributed by atoms with E-state index in [2.05, 4.69) is 15.3 Å². The Morgan fingerprint density at radius 1 is 1.35 bits per heavy atom. The van der Waals surface area contributed by atoms with Crippen LogP contribution in [0.5, 0.6) is 5.75 Å². The van der Waals surface area contributed by atoms with Crippen LogP contribution in [0.4, 0.5) is 5.82 Å². The Morgan fingerprint density at radius 3 is 2.96 bits per heavy atom. The van der Waals surface area contributed by atoms with Crippen molar-refractivity contribution in [3.8, 4) is 5.75 Å². The Balaban J connectivity index is 1.57. The van der Waals surface area contributed by atoms with Crippen molar-refractivity contribution in [2.45, 2.75) is 13.5 Å². The molecule has 2 aromatic heterocycles. The Kier molecular flexibility index (Phi) is 5.99. The number of thiazole rings is 1. The third-order valence-electron chi connectivity index (χ3n) is 3.32. The van der Waals surface area contributed by atoms with Gasteiger partial charge in [0.05, 0.1) is 15.7 Å². The summed E-state index contributed by atoms with van der Waals surface area (Å²) < 4.78 is 5.75. The number of carbonyl (C=O) groups excluding carboxylic acids is 1. The van der Waals surface area contributed by atoms with Gasteiger partial charge in [0.1, 0.15) is 18.2 Å². The highest BCUT2D eigenvalue weighted by Crippen LogP contribution is 2.17. The minimum Gasteiger partial charge on any atom is -0.487 e. The van der Waals surface area contributed by atoms with Gasteiger partial charge in [-0.05, 0) is 42.8 Å². The quantitative estimate of drug-likeness (QED) is 0.623. The predicted octanol–water partition coefficient (Wildman–Crippen LogP) is 4.73. The summed E-state index contributed by atoms with van der Waals surface area (Å²) in [6.45, 7) is 2.38. The highest BCUT2D eigenvalue weighted by molar-refractivity contribution is 7.09. The number of anilines is 1. The molecule has 132 valence electrons. The number of rotatable bonds is 6. The van der Waals surface area contributed by atoms with Gasteiger partial charge in [0.15, 0.2) is 0 Å². The van der Waals surface area contributed by atoms with E-state index < -0.39 is 0 Å². The van der Waals surface area contributed by atoms with Gasteiger partial charge in [-0.15, -0.1) is 11.3 Å². The van der Waals surface area contributed by atoms with Crippen molar-refractivity contribution < 1.29 is 9.53 Å². The number of pyridine rings is 1. The molecule has 0 atom stereocenters. The third-order valence-corrected chi connectivity index (χ3v) is 4.36. The molecule has 0 bridgehead atoms. The van der Waals surface area contributed by atoms with Crippen molar-refractivity contribution in [1.82, 2.24) is 9.97 Å². The number of aryl methyl sites for hydroxylation is 1. The van der Waals surface area contributed by atoms with Crippen molar-refractivity contribution in [2.24, 2.45) is 0 Å². The average Bonchev–Trinajstić information content (AvgIpc) is 3.06. The highest BCUT2D eigenvalue weighted by Gasteiger charge is 2.02. The molecule has 0 saturated carbocycles. The molecule has 0 aliphatic carbocycles. The fraction of sp³-hybridized carbons (Fsp3) is 0.105. The van der Waals surface area contributed by atoms with Crippen LogP contribution >= 0.6 is 22.9 Å². The Bertz CT molecular complexity index is 923. The molecule has 7 heteroatoms. The summed E-state index contributed by atoms with van der Waals surface area (Å²) in [7, 11) is 0. The molecule has 2 heterocycles. The SMILES string of the molecule is Cc1nc(COc2cccc(/C=C/C(=O)Nc3ccc(Cl)cn3)c2)cs1. The van der Waals surface area contributed by atoms with Crippen LogP contribution in [-0.4, -0.2) is 15.9 Å². The molecule has 26 heavy (non-hydrogen) atoms. The molecule has 3 aromatic rings. The number of aromatic nitrogens is 2. The molecule has 3 rings (SSSR count). The van der Waals surface area contributed by atoms with E-state index in [4.69, 9.17) is 16.3 Å². The number of amides is 1. The molecule has 0 fully saturated rings. The van der Waals surface area contributed by atoms with Gasteiger partial charge in [-0.3, -0.25) is 4.79 Å². The lowest BCUT2D eigenvalue weighted by molar-refractivity contribution is -0.111. The number of hydrogen-bond acceptors (Lipinski definition) is 5. The van der Waals surface area contributed by atoms with E-state index in [0.29, 0.717) is 17.4 Å². The standard InChI is InChI=1S/C19H16ClN3O2S/c1-13-22-16(12-26-13)11-25-17-4-2-3-14(9-17)5-8-19(24)23-18-7-6-15(20)10-21-18/h2-10,12H,11H2,1H3,(H,21,23,24)/b8-5+. The first-order valence-corrected chi connectivity index (χ1v) is 9.09. The Labute approximate surface area is 160 Å². The Hall–Kier alpha value is -2.70. The zero-order chi connectivity index (χ0) is 18.4. The molecule has 5 nitrogen and oxygen atoms in total. The first-order valence-electron chi connectivity index (χ1n) is 7.83. The summed E-state index contributed by atoms with van der Waals surface area (Å²) in [6, 6.07) is 10.8. The van der Waals surface area contributed by atoms with E-state index in [1.54, 1.807) is 29.5 Å². The molecular weight excluding hydrogens is 370 g/mol. The van der Waals surface area contributed by atoms with Gasteiger partial charge < -0.3 is 10.1 Å². The number of halogens is 1. The topological polar surface area (TPSA) is 64.1 Å². The number of nitrogens with zero attached hydrogens (tertiary/aromatic N) is 2. The van der Waals surface area contributed by atoms with Crippen LogP contribution in [0.3, 0.4) is 0 Å². The number of benzene rings is 1. The zero-order valence-electron chi connectivity index (χ0n) is 14.0. The van der Waals surface area contributed by atoms with Crippen LogP contribution < -0.4 is 10.1 Å². The monoisotopic (exact) mass is 385 g/mol. The molecule has 0 radical (unpaired) electrons. The molecule has 0 spiro atoms. The summed E-state index contributed by atoms with van der Waals surface area (Å²) in [6.07, 6.45) is 4.63. The van der Waals surface area contributed by atoms with E-state index in [0.717, 1.165) is 22.0 Å². The van der Waals surface area contributed by atoms with Crippen LogP contribution in [0.25, 0.3) is 6.08 Å². The molecule has 0 unspecified atom stereocenters. The fourth-order valence-electron chi connectivity index (χ4n) is 2.13. The number of carbonyl (C=O) groups is 1. The zero-order valence-corrected chi connectivity index (χ0v) is 15.6. The van der Waals surface area contributed by atoms with Gasteiger partial charge in [0, 0.05) is 17.7 Å². The second-order valence-corrected chi connectivity index (χ2v) is 6.90. The smallest absolute Gasteiger partial charge is 0.249 e. The first-order chi connectivity index (χ1) is 12.6. The van der Waals surface area contributed by atoms with Gasteiger partial charge in [-0.2, -0.15) is 0 Å². The van der Waals surface area contributed by atoms with E-state index in [1.807, 2.05) is 36.6 Å². The third kappa shape index (κ3) is 5.40. The van der Waals surface area contributed by atoms with Crippen LogP contribution in [0.15, 0.2) is 54.1 Å². The minimum absolute atomic E-state index is 0.274. The van der Waals surface area contributed by atoms with Crippen LogP contribution in [0.2, 0.25) is 5.02 Å². The van der Waals surface area contributed by atoms with Gasteiger partial charge in [0.2, 0.25) is 5.91 Å². The molecule has 1 aromatic carbocycles. The summed E-state index contributed by atoms with van der Waals surface area (Å²) in [5.41, 5.74) is 1.76. The number of hydrogen-bond donors (Lipinski definition) is 1. The lowest BCUT2D eigenvalue weighted by Crippen LogP contribution is -2.08. The van der Waals surface area contributed by atoms with Crippen molar-refractivity contribution in [2.75, 3.05) is 5.32 Å². The number of nitrogens with one attached hydrogen (secondary N) is 1. The maximum absolute atomic E-state index is 12.0. The van der Waals surface area contributed by atoms with Crippen molar-refractivity contribution >= 4 is 40.7 Å². The summed E-state index contributed by atoms with van der Waals surface area (Å²) in [4.78, 5) is 20.3. The van der Waals surface area contributed by atoms with Gasteiger partial charge in [0.25, 0.3) is 0 Å². The highest BCUT2D eigenvalue weighted by atomic mass is 35.5. The van der Waals surface area contributed by atoms with Crippen molar-refractivity contribution in [3.63, 3.8) is 0 Å². The normalized spacial score (nSPS) is 10.8. The van der Waals surface area contributed by atoms with Crippen molar-refractivity contribution in [1.29, 1.82) is 0 Å². The van der Waals surface area contributed by atoms with Crippen LogP contribution in [-0.2, 0) is 11.4 Å². The largest absolute Gasteiger partial charge is 0.487 e. The maximum Gasteiger partial charge on any atom is 0.249 e. The first kappa shape index (κ1) is 18.1. The predicted molar refractivity (Wildman–Crippen MR) is 105 cm³/mol. The molecule has 0 aliphatic heterocycles. The fourth-order valence-corrected chi connectivity index (χ4v) is 2.84. The maximum atomic E-state index is 12.0. The lowest BCUT2D eigenvalue weighted by atomic mass is 10.2. The second-order valence-electron chi connectivity index (χ2n) is 5.40. The summed E-state index contributed by atoms with van der Waals surface area (Å²) in [5, 5.41) is 6.18. The van der Waals surface area contributed by atoms with E-state index in [9.17, 15) is 4.79 Å². The van der Waals surface area contributed by atoms with Crippen LogP contribution in [0.1, 0.15) is 16.3 Å². The van der Waals surface area contributed by atoms with Crippen molar-refractivity contribution in [3.05, 3.63) is 75.3 Å². The summed E-state index contributed by atoms with van der Waals surface area (Å²) in [5.74, 6) is 0.890. The van der Waals surface area contributed by atoms with E-state index in [-0.39, 0.29) is 5.91 Å². The molecule has 0 saturated heterocycles. The Morgan fingerprint density at radius 2 is 2.23 bits per heavy atom. The van der Waals surface area contributed by atoms with Crippen LogP contribution in [0, 0.1) is 6.92 Å². The molecular formula is C19H16ClN3O2S. The second kappa shape index (κ2) is 8.60. The minimum atomic E-state index is -0.274. The molecule has 0 aliphatic rings. The van der Waals surface area contributed by atoms with Gasteiger partial charge in [-0.1, -0.05) is 23.7 Å². The van der Waals surface area contributed by atoms with E-state index >= 15 is 0 Å². The lowest BCUT2D eigenvalue weighted by Gasteiger charge is -2.05. The summed E-state index contributed by atoms with van der Waals surface area (Å²) >= 11 is 7.36. The average molecular weight is 386 g/mol. The molecule has 1 N–H and O–H groups in total. The van der Waals surface area contributed by atoms with E-state index in [1.165, 1.54) is 12.3 Å². The van der Waals surface area contributed by atoms with Gasteiger partial charge >= 0.3 is 0 Å². The molecule has 1 amide bonds. The van der Waals surface area contributed by atoms with Gasteiger partial charge in [-0.25, -0.2) is 9.97 Å².